The van der Waals surface area contributed by atoms with Crippen molar-refractivity contribution in [1.82, 2.24) is 0 Å². The fourth-order valence-electron chi connectivity index (χ4n) is 3.77. The van der Waals surface area contributed by atoms with Crippen molar-refractivity contribution in [2.45, 2.75) is 82.5 Å². The lowest BCUT2D eigenvalue weighted by Crippen LogP contribution is -2.66. The van der Waals surface area contributed by atoms with E-state index in [2.05, 4.69) is 25.5 Å². The minimum atomic E-state index is -5.92. The van der Waals surface area contributed by atoms with E-state index >= 15 is 8.78 Å². The van der Waals surface area contributed by atoms with E-state index in [9.17, 15) is 27.6 Å². The molecule has 1 saturated carbocycles. The Hall–Kier alpha value is -2.24. The fourth-order valence-corrected chi connectivity index (χ4v) is 3.77. The van der Waals surface area contributed by atoms with Gasteiger partial charge in [-0.1, -0.05) is 25.8 Å². The number of hydrogen-bond acceptors (Lipinski definition) is 7. The molecule has 1 saturated heterocycles. The molecule has 0 spiro atoms. The van der Waals surface area contributed by atoms with Crippen molar-refractivity contribution in [2.24, 2.45) is 5.92 Å². The van der Waals surface area contributed by atoms with Crippen LogP contribution in [0.3, 0.4) is 0 Å². The second-order valence-corrected chi connectivity index (χ2v) is 8.13. The van der Waals surface area contributed by atoms with Crippen molar-refractivity contribution in [3.8, 4) is 0 Å². The molecule has 2 aliphatic rings. The Morgan fingerprint density at radius 1 is 1.06 bits per heavy atom. The Bertz CT molecular complexity index is 775. The third-order valence-corrected chi connectivity index (χ3v) is 5.59. The first-order valence-electron chi connectivity index (χ1n) is 9.96. The van der Waals surface area contributed by atoms with Gasteiger partial charge in [-0.05, 0) is 26.7 Å². The summed E-state index contributed by atoms with van der Waals surface area (Å²) in [4.78, 5) is 35.6. The fraction of sp³-hybridized carbons (Fsp3) is 0.750. The van der Waals surface area contributed by atoms with Crippen LogP contribution in [0.4, 0.5) is 22.0 Å². The third-order valence-electron chi connectivity index (χ3n) is 5.59. The van der Waals surface area contributed by atoms with Crippen LogP contribution in [0.25, 0.3) is 0 Å². The molecular formula is C20H25F5O7. The molecule has 1 aliphatic carbocycles. The molecule has 3 unspecified atom stereocenters. The van der Waals surface area contributed by atoms with Gasteiger partial charge in [0.05, 0.1) is 5.92 Å². The summed E-state index contributed by atoms with van der Waals surface area (Å²) in [6.45, 7) is 4.56. The summed E-state index contributed by atoms with van der Waals surface area (Å²) in [7, 11) is 0. The van der Waals surface area contributed by atoms with E-state index in [1.54, 1.807) is 0 Å². The molecule has 0 radical (unpaired) electrons. The van der Waals surface area contributed by atoms with Crippen molar-refractivity contribution >= 4 is 17.9 Å². The summed E-state index contributed by atoms with van der Waals surface area (Å²) in [5.74, 6) is -14.8. The highest BCUT2D eigenvalue weighted by atomic mass is 19.4. The topological polar surface area (TPSA) is 88.1 Å². The first kappa shape index (κ1) is 26.0. The van der Waals surface area contributed by atoms with E-state index in [0.717, 1.165) is 6.42 Å². The Kier molecular flexibility index (Phi) is 7.28. The van der Waals surface area contributed by atoms with Crippen molar-refractivity contribution < 1.29 is 55.3 Å². The van der Waals surface area contributed by atoms with Gasteiger partial charge in [-0.3, -0.25) is 9.59 Å². The molecule has 1 heterocycles. The van der Waals surface area contributed by atoms with Crippen LogP contribution in [0.5, 0.6) is 0 Å². The lowest BCUT2D eigenvalue weighted by molar-refractivity contribution is -0.413. The number of hydrogen-bond donors (Lipinski definition) is 0. The van der Waals surface area contributed by atoms with Crippen molar-refractivity contribution in [1.29, 1.82) is 0 Å². The van der Waals surface area contributed by atoms with Crippen LogP contribution in [0.1, 0.15) is 52.9 Å². The van der Waals surface area contributed by atoms with Crippen LogP contribution in [-0.2, 0) is 33.3 Å². The van der Waals surface area contributed by atoms with Gasteiger partial charge in [-0.25, -0.2) is 4.79 Å². The molecular weight excluding hydrogens is 447 g/mol. The molecule has 2 fully saturated rings. The van der Waals surface area contributed by atoms with Gasteiger partial charge in [0.15, 0.2) is 0 Å². The highest BCUT2D eigenvalue weighted by Gasteiger charge is 2.88. The molecule has 7 nitrogen and oxygen atoms in total. The summed E-state index contributed by atoms with van der Waals surface area (Å²) < 4.78 is 91.5. The molecule has 0 aromatic carbocycles. The Balaban J connectivity index is 2.49. The first-order valence-corrected chi connectivity index (χ1v) is 9.96. The summed E-state index contributed by atoms with van der Waals surface area (Å²) in [5.41, 5.74) is -3.44. The average Bonchev–Trinajstić information content (AvgIpc) is 2.84. The molecule has 12 heteroatoms. The molecule has 1 aliphatic heterocycles. The minimum absolute atomic E-state index is 0.158. The van der Waals surface area contributed by atoms with E-state index in [-0.39, 0.29) is 18.4 Å². The van der Waals surface area contributed by atoms with Crippen LogP contribution in [0.15, 0.2) is 12.2 Å². The monoisotopic (exact) mass is 472 g/mol. The summed E-state index contributed by atoms with van der Waals surface area (Å²) in [6, 6.07) is 0. The van der Waals surface area contributed by atoms with E-state index in [1.807, 2.05) is 0 Å². The standard InChI is InChI=1S/C20H25F5O7/c1-11(2)15(27)29-10-14-17(4,30-12(3)26)18(21,22)19(31-14,20(23,24)25)32-16(28)13-8-6-5-7-9-13/h13-14H,1,5-10H2,2-4H3. The number of alkyl halides is 5. The normalized spacial score (nSPS) is 30.4. The molecule has 3 atom stereocenters. The minimum Gasteiger partial charge on any atom is -0.459 e. The van der Waals surface area contributed by atoms with Gasteiger partial charge >= 0.3 is 35.8 Å². The van der Waals surface area contributed by atoms with Crippen LogP contribution in [0, 0.1) is 5.92 Å². The van der Waals surface area contributed by atoms with Crippen LogP contribution >= 0.6 is 0 Å². The van der Waals surface area contributed by atoms with Crippen molar-refractivity contribution in [3.63, 3.8) is 0 Å². The van der Waals surface area contributed by atoms with Gasteiger partial charge in [-0.2, -0.15) is 22.0 Å². The molecule has 0 aromatic rings. The largest absolute Gasteiger partial charge is 0.462 e. The van der Waals surface area contributed by atoms with E-state index < -0.39 is 60.0 Å². The zero-order valence-electron chi connectivity index (χ0n) is 17.9. The highest BCUT2D eigenvalue weighted by Crippen LogP contribution is 2.59. The highest BCUT2D eigenvalue weighted by molar-refractivity contribution is 5.86. The van der Waals surface area contributed by atoms with Crippen LogP contribution in [-0.4, -0.2) is 54.1 Å². The van der Waals surface area contributed by atoms with Gasteiger partial charge in [-0.15, -0.1) is 0 Å². The lowest BCUT2D eigenvalue weighted by atomic mass is 9.88. The van der Waals surface area contributed by atoms with Gasteiger partial charge < -0.3 is 18.9 Å². The number of carbonyl (C=O) groups excluding carboxylic acids is 3. The summed E-state index contributed by atoms with van der Waals surface area (Å²) in [5, 5.41) is 0. The Morgan fingerprint density at radius 3 is 2.09 bits per heavy atom. The average molecular weight is 472 g/mol. The zero-order valence-corrected chi connectivity index (χ0v) is 17.9. The number of carbonyl (C=O) groups is 3. The quantitative estimate of drug-likeness (QED) is 0.251. The molecule has 2 rings (SSSR count). The predicted octanol–water partition coefficient (Wildman–Crippen LogP) is 3.84. The smallest absolute Gasteiger partial charge is 0.459 e. The molecule has 0 aromatic heterocycles. The van der Waals surface area contributed by atoms with Crippen molar-refractivity contribution in [2.75, 3.05) is 6.61 Å². The maximum atomic E-state index is 15.5. The van der Waals surface area contributed by atoms with Gasteiger partial charge in [0.2, 0.25) is 5.60 Å². The maximum Gasteiger partial charge on any atom is 0.462 e. The SMILES string of the molecule is C=C(C)C(=O)OCC1OC(OC(=O)C2CCCCC2)(C(F)(F)F)C(F)(F)C1(C)OC(C)=O. The molecule has 0 N–H and O–H groups in total. The van der Waals surface area contributed by atoms with E-state index in [0.29, 0.717) is 26.7 Å². The number of rotatable bonds is 6. The molecule has 0 bridgehead atoms. The predicted molar refractivity (Wildman–Crippen MR) is 97.2 cm³/mol. The van der Waals surface area contributed by atoms with E-state index in [4.69, 9.17) is 0 Å². The molecule has 0 amide bonds. The number of halogens is 5. The molecule has 32 heavy (non-hydrogen) atoms. The van der Waals surface area contributed by atoms with Gasteiger partial charge in [0.25, 0.3) is 0 Å². The van der Waals surface area contributed by atoms with Crippen LogP contribution < -0.4 is 0 Å². The summed E-state index contributed by atoms with van der Waals surface area (Å²) >= 11 is 0. The zero-order chi connectivity index (χ0) is 24.5. The Labute approximate surface area is 181 Å². The third kappa shape index (κ3) is 4.46. The van der Waals surface area contributed by atoms with Crippen LogP contribution in [0.2, 0.25) is 0 Å². The summed E-state index contributed by atoms with van der Waals surface area (Å²) in [6.07, 6.45) is -6.07. The lowest BCUT2D eigenvalue weighted by Gasteiger charge is -2.38. The second-order valence-electron chi connectivity index (χ2n) is 8.13. The maximum absolute atomic E-state index is 15.5. The van der Waals surface area contributed by atoms with E-state index in [1.165, 1.54) is 6.92 Å². The van der Waals surface area contributed by atoms with Gasteiger partial charge in [0.1, 0.15) is 12.7 Å². The number of esters is 3. The first-order chi connectivity index (χ1) is 14.6. The van der Waals surface area contributed by atoms with Crippen molar-refractivity contribution in [3.05, 3.63) is 12.2 Å². The second kappa shape index (κ2) is 8.95. The number of ether oxygens (including phenoxy) is 4. The Morgan fingerprint density at radius 2 is 1.62 bits per heavy atom. The van der Waals surface area contributed by atoms with Gasteiger partial charge in [0, 0.05) is 12.5 Å². The molecule has 182 valence electrons.